The molecule has 112 valence electrons. The number of carbonyl (C=O) groups is 3. The lowest BCUT2D eigenvalue weighted by molar-refractivity contribution is -0.132. The van der Waals surface area contributed by atoms with Gasteiger partial charge < -0.3 is 10.2 Å². The van der Waals surface area contributed by atoms with Gasteiger partial charge in [-0.05, 0) is 31.9 Å². The molecule has 1 heterocycles. The van der Waals surface area contributed by atoms with E-state index in [9.17, 15) is 14.4 Å². The van der Waals surface area contributed by atoms with Gasteiger partial charge in [0.2, 0.25) is 11.8 Å². The van der Waals surface area contributed by atoms with Crippen LogP contribution in [0.5, 0.6) is 0 Å². The molecular weight excluding hydrogens is 268 g/mol. The van der Waals surface area contributed by atoms with Crippen molar-refractivity contribution in [3.63, 3.8) is 0 Å². The Bertz CT molecular complexity index is 568. The molecule has 0 aromatic heterocycles. The molecule has 0 aliphatic carbocycles. The van der Waals surface area contributed by atoms with E-state index in [-0.39, 0.29) is 23.5 Å². The first kappa shape index (κ1) is 15.2. The predicted octanol–water partition coefficient (Wildman–Crippen LogP) is 2.09. The quantitative estimate of drug-likeness (QED) is 0.866. The molecule has 1 saturated heterocycles. The summed E-state index contributed by atoms with van der Waals surface area (Å²) in [5, 5.41) is 2.84. The van der Waals surface area contributed by atoms with Crippen molar-refractivity contribution in [3.05, 3.63) is 29.8 Å². The number of piperidine rings is 1. The maximum absolute atomic E-state index is 12.3. The highest BCUT2D eigenvalue weighted by atomic mass is 16.2. The minimum Gasteiger partial charge on any atom is -0.342 e. The molecule has 2 rings (SSSR count). The van der Waals surface area contributed by atoms with Gasteiger partial charge in [0.15, 0.2) is 5.78 Å². The zero-order chi connectivity index (χ0) is 15.4. The van der Waals surface area contributed by atoms with Crippen molar-refractivity contribution in [2.75, 3.05) is 18.4 Å². The molecule has 5 heteroatoms. The molecule has 1 aliphatic rings. The fraction of sp³-hybridized carbons (Fsp3) is 0.438. The Morgan fingerprint density at radius 2 is 2.00 bits per heavy atom. The van der Waals surface area contributed by atoms with E-state index in [2.05, 4.69) is 5.32 Å². The molecule has 1 fully saturated rings. The van der Waals surface area contributed by atoms with Gasteiger partial charge in [-0.25, -0.2) is 0 Å². The van der Waals surface area contributed by atoms with Crippen LogP contribution < -0.4 is 5.32 Å². The normalized spacial score (nSPS) is 18.2. The summed E-state index contributed by atoms with van der Waals surface area (Å²) in [5.41, 5.74) is 1.19. The average Bonchev–Trinajstić information content (AvgIpc) is 2.47. The van der Waals surface area contributed by atoms with Gasteiger partial charge in [0, 0.05) is 31.3 Å². The van der Waals surface area contributed by atoms with Crippen LogP contribution in [-0.2, 0) is 9.59 Å². The van der Waals surface area contributed by atoms with Gasteiger partial charge in [-0.3, -0.25) is 14.4 Å². The van der Waals surface area contributed by atoms with Gasteiger partial charge >= 0.3 is 0 Å². The summed E-state index contributed by atoms with van der Waals surface area (Å²) < 4.78 is 0. The Balaban J connectivity index is 2.02. The summed E-state index contributed by atoms with van der Waals surface area (Å²) >= 11 is 0. The first-order valence-corrected chi connectivity index (χ1v) is 7.14. The van der Waals surface area contributed by atoms with Crippen molar-refractivity contribution in [1.29, 1.82) is 0 Å². The SMILES string of the molecule is CC(=O)c1cccc(NC(=O)C2CCCN(C(C)=O)C2)c1. The zero-order valence-corrected chi connectivity index (χ0v) is 12.4. The molecule has 5 nitrogen and oxygen atoms in total. The van der Waals surface area contributed by atoms with Gasteiger partial charge in [0.25, 0.3) is 0 Å². The van der Waals surface area contributed by atoms with Crippen LogP contribution in [0.2, 0.25) is 0 Å². The second-order valence-corrected chi connectivity index (χ2v) is 5.43. The maximum Gasteiger partial charge on any atom is 0.229 e. The third-order valence-electron chi connectivity index (χ3n) is 3.77. The number of amides is 2. The number of anilines is 1. The van der Waals surface area contributed by atoms with E-state index >= 15 is 0 Å². The number of Topliss-reactive ketones (excluding diaryl/α,β-unsaturated/α-hetero) is 1. The fourth-order valence-electron chi connectivity index (χ4n) is 2.54. The van der Waals surface area contributed by atoms with Crippen LogP contribution in [0.4, 0.5) is 5.69 Å². The van der Waals surface area contributed by atoms with E-state index in [1.807, 2.05) is 0 Å². The molecule has 2 amide bonds. The minimum atomic E-state index is -0.191. The summed E-state index contributed by atoms with van der Waals surface area (Å²) in [6.07, 6.45) is 1.62. The van der Waals surface area contributed by atoms with Crippen molar-refractivity contribution in [3.8, 4) is 0 Å². The number of ketones is 1. The topological polar surface area (TPSA) is 66.5 Å². The molecular formula is C16H20N2O3. The molecule has 1 N–H and O–H groups in total. The number of nitrogens with one attached hydrogen (secondary N) is 1. The van der Waals surface area contributed by atoms with Crippen LogP contribution in [0, 0.1) is 5.92 Å². The van der Waals surface area contributed by atoms with Gasteiger partial charge in [0.05, 0.1) is 5.92 Å². The van der Waals surface area contributed by atoms with E-state index in [1.165, 1.54) is 13.8 Å². The lowest BCUT2D eigenvalue weighted by atomic mass is 9.97. The van der Waals surface area contributed by atoms with Crippen LogP contribution in [-0.4, -0.2) is 35.6 Å². The lowest BCUT2D eigenvalue weighted by Crippen LogP contribution is -2.42. The summed E-state index contributed by atoms with van der Waals surface area (Å²) in [7, 11) is 0. The molecule has 0 spiro atoms. The first-order valence-electron chi connectivity index (χ1n) is 7.14. The Hall–Kier alpha value is -2.17. The summed E-state index contributed by atoms with van der Waals surface area (Å²) in [6, 6.07) is 6.90. The molecule has 1 unspecified atom stereocenters. The summed E-state index contributed by atoms with van der Waals surface area (Å²) in [5.74, 6) is -0.317. The smallest absolute Gasteiger partial charge is 0.229 e. The molecule has 0 bridgehead atoms. The first-order chi connectivity index (χ1) is 9.97. The number of nitrogens with zero attached hydrogens (tertiary/aromatic N) is 1. The average molecular weight is 288 g/mol. The number of hydrogen-bond acceptors (Lipinski definition) is 3. The zero-order valence-electron chi connectivity index (χ0n) is 12.4. The molecule has 21 heavy (non-hydrogen) atoms. The predicted molar refractivity (Wildman–Crippen MR) is 80.1 cm³/mol. The van der Waals surface area contributed by atoms with Crippen LogP contribution >= 0.6 is 0 Å². The number of benzene rings is 1. The van der Waals surface area contributed by atoms with Crippen LogP contribution in [0.25, 0.3) is 0 Å². The fourth-order valence-corrected chi connectivity index (χ4v) is 2.54. The van der Waals surface area contributed by atoms with E-state index in [0.717, 1.165) is 19.4 Å². The van der Waals surface area contributed by atoms with E-state index in [0.29, 0.717) is 17.8 Å². The Labute approximate surface area is 124 Å². The van der Waals surface area contributed by atoms with Gasteiger partial charge in [-0.15, -0.1) is 0 Å². The summed E-state index contributed by atoms with van der Waals surface area (Å²) in [6.45, 7) is 4.20. The van der Waals surface area contributed by atoms with Crippen molar-refractivity contribution < 1.29 is 14.4 Å². The number of hydrogen-bond donors (Lipinski definition) is 1. The lowest BCUT2D eigenvalue weighted by Gasteiger charge is -2.31. The molecule has 1 aliphatic heterocycles. The maximum atomic E-state index is 12.3. The number of likely N-dealkylation sites (tertiary alicyclic amines) is 1. The van der Waals surface area contributed by atoms with Crippen LogP contribution in [0.15, 0.2) is 24.3 Å². The second kappa shape index (κ2) is 6.52. The van der Waals surface area contributed by atoms with Gasteiger partial charge in [-0.2, -0.15) is 0 Å². The van der Waals surface area contributed by atoms with Crippen molar-refractivity contribution in [2.45, 2.75) is 26.7 Å². The van der Waals surface area contributed by atoms with Crippen molar-refractivity contribution in [1.82, 2.24) is 4.90 Å². The highest BCUT2D eigenvalue weighted by Crippen LogP contribution is 2.19. The van der Waals surface area contributed by atoms with Gasteiger partial charge in [-0.1, -0.05) is 12.1 Å². The molecule has 1 aromatic carbocycles. The van der Waals surface area contributed by atoms with Crippen LogP contribution in [0.1, 0.15) is 37.0 Å². The van der Waals surface area contributed by atoms with Gasteiger partial charge in [0.1, 0.15) is 0 Å². The number of carbonyl (C=O) groups excluding carboxylic acids is 3. The van der Waals surface area contributed by atoms with Crippen molar-refractivity contribution >= 4 is 23.3 Å². The number of rotatable bonds is 3. The molecule has 0 saturated carbocycles. The Morgan fingerprint density at radius 3 is 2.67 bits per heavy atom. The minimum absolute atomic E-state index is 0.00563. The summed E-state index contributed by atoms with van der Waals surface area (Å²) in [4.78, 5) is 36.7. The molecule has 1 aromatic rings. The molecule has 1 atom stereocenters. The van der Waals surface area contributed by atoms with Crippen LogP contribution in [0.3, 0.4) is 0 Å². The Kier molecular flexibility index (Phi) is 4.73. The second-order valence-electron chi connectivity index (χ2n) is 5.43. The van der Waals surface area contributed by atoms with Crippen molar-refractivity contribution in [2.24, 2.45) is 5.92 Å². The monoisotopic (exact) mass is 288 g/mol. The van der Waals surface area contributed by atoms with E-state index in [4.69, 9.17) is 0 Å². The largest absolute Gasteiger partial charge is 0.342 e. The standard InChI is InChI=1S/C16H20N2O3/c1-11(19)13-5-3-7-15(9-13)17-16(21)14-6-4-8-18(10-14)12(2)20/h3,5,7,9,14H,4,6,8,10H2,1-2H3,(H,17,21). The highest BCUT2D eigenvalue weighted by Gasteiger charge is 2.27. The highest BCUT2D eigenvalue weighted by molar-refractivity contribution is 5.97. The third-order valence-corrected chi connectivity index (χ3v) is 3.77. The molecule has 0 radical (unpaired) electrons. The van der Waals surface area contributed by atoms with E-state index in [1.54, 1.807) is 29.2 Å². The third kappa shape index (κ3) is 3.90. The Morgan fingerprint density at radius 1 is 1.24 bits per heavy atom. The van der Waals surface area contributed by atoms with E-state index < -0.39 is 0 Å².